The summed E-state index contributed by atoms with van der Waals surface area (Å²) in [6.45, 7) is -0.762. The van der Waals surface area contributed by atoms with Crippen molar-refractivity contribution in [3.8, 4) is 0 Å². The predicted molar refractivity (Wildman–Crippen MR) is 74.1 cm³/mol. The first-order valence-corrected chi connectivity index (χ1v) is 6.97. The van der Waals surface area contributed by atoms with Gasteiger partial charge in [-0.15, -0.1) is 0 Å². The minimum Gasteiger partial charge on any atom is -0.324 e. The molecule has 5 nitrogen and oxygen atoms in total. The van der Waals surface area contributed by atoms with Crippen LogP contribution in [0.1, 0.15) is 24.4 Å². The molecule has 10 heteroatoms. The third-order valence-corrected chi connectivity index (χ3v) is 3.65. The van der Waals surface area contributed by atoms with Crippen LogP contribution in [0.25, 0.3) is 10.4 Å². The number of hydrogen-bond acceptors (Lipinski definition) is 2. The molecule has 1 saturated carbocycles. The zero-order valence-electron chi connectivity index (χ0n) is 11.6. The molecule has 124 valence electrons. The second-order valence-corrected chi connectivity index (χ2v) is 5.42. The van der Waals surface area contributed by atoms with Gasteiger partial charge in [-0.1, -0.05) is 28.8 Å². The lowest BCUT2D eigenvalue weighted by Crippen LogP contribution is -2.45. The van der Waals surface area contributed by atoms with Gasteiger partial charge in [0.05, 0.1) is 5.02 Å². The zero-order chi connectivity index (χ0) is 17.2. The normalized spacial score (nSPS) is 15.7. The molecule has 2 rings (SSSR count). The van der Waals surface area contributed by atoms with Gasteiger partial charge >= 0.3 is 6.18 Å². The monoisotopic (exact) mass is 350 g/mol. The first-order valence-electron chi connectivity index (χ1n) is 6.60. The Labute approximate surface area is 133 Å². The average molecular weight is 351 g/mol. The Bertz CT molecular complexity index is 656. The van der Waals surface area contributed by atoms with E-state index in [1.807, 2.05) is 0 Å². The fraction of sp³-hybridized carbons (Fsp3) is 0.462. The van der Waals surface area contributed by atoms with Gasteiger partial charge in [-0.05, 0) is 24.4 Å². The van der Waals surface area contributed by atoms with E-state index in [1.54, 1.807) is 0 Å². The highest BCUT2D eigenvalue weighted by atomic mass is 35.5. The van der Waals surface area contributed by atoms with Gasteiger partial charge < -0.3 is 4.90 Å². The van der Waals surface area contributed by atoms with Crippen LogP contribution in [0, 0.1) is 5.82 Å². The van der Waals surface area contributed by atoms with Crippen LogP contribution in [0.15, 0.2) is 23.3 Å². The van der Waals surface area contributed by atoms with Crippen LogP contribution in [0.4, 0.5) is 17.6 Å². The fourth-order valence-electron chi connectivity index (χ4n) is 2.30. The van der Waals surface area contributed by atoms with E-state index in [9.17, 15) is 22.4 Å². The number of amides is 1. The van der Waals surface area contributed by atoms with Gasteiger partial charge in [0.2, 0.25) is 5.91 Å². The number of carbonyl (C=O) groups is 1. The van der Waals surface area contributed by atoms with Gasteiger partial charge in [0.1, 0.15) is 12.4 Å². The number of alkyl halides is 3. The Morgan fingerprint density at radius 1 is 1.48 bits per heavy atom. The molecule has 1 aliphatic carbocycles. The average Bonchev–Trinajstić information content (AvgIpc) is 3.29. The molecule has 0 N–H and O–H groups in total. The number of carbonyl (C=O) groups excluding carboxylic acids is 1. The van der Waals surface area contributed by atoms with Crippen molar-refractivity contribution in [3.63, 3.8) is 0 Å². The fourth-order valence-corrected chi connectivity index (χ4v) is 2.48. The molecule has 0 aliphatic heterocycles. The maximum absolute atomic E-state index is 14.1. The number of nitrogens with zero attached hydrogens (tertiary/aromatic N) is 4. The minimum absolute atomic E-state index is 0.372. The van der Waals surface area contributed by atoms with E-state index >= 15 is 0 Å². The van der Waals surface area contributed by atoms with E-state index in [0.717, 1.165) is 12.1 Å². The van der Waals surface area contributed by atoms with Gasteiger partial charge in [-0.3, -0.25) is 4.79 Å². The van der Waals surface area contributed by atoms with Crippen LogP contribution < -0.4 is 0 Å². The number of rotatable bonds is 5. The highest BCUT2D eigenvalue weighted by Crippen LogP contribution is 2.44. The molecule has 0 radical (unpaired) electrons. The quantitative estimate of drug-likeness (QED) is 0.336. The Balaban J connectivity index is 2.49. The lowest BCUT2D eigenvalue weighted by atomic mass is 10.0. The molecule has 0 aromatic heterocycles. The van der Waals surface area contributed by atoms with Crippen LogP contribution >= 0.6 is 11.6 Å². The summed E-state index contributed by atoms with van der Waals surface area (Å²) in [6.07, 6.45) is -4.16. The molecule has 1 atom stereocenters. The molecule has 23 heavy (non-hydrogen) atoms. The Morgan fingerprint density at radius 2 is 2.13 bits per heavy atom. The summed E-state index contributed by atoms with van der Waals surface area (Å²) in [5.41, 5.74) is 7.50. The summed E-state index contributed by atoms with van der Waals surface area (Å²) in [5.74, 6) is -2.23. The topological polar surface area (TPSA) is 69.1 Å². The maximum Gasteiger partial charge on any atom is 0.413 e. The third kappa shape index (κ3) is 3.86. The van der Waals surface area contributed by atoms with Gasteiger partial charge in [-0.25, -0.2) is 4.39 Å². The van der Waals surface area contributed by atoms with E-state index < -0.39 is 47.1 Å². The maximum atomic E-state index is 14.1. The largest absolute Gasteiger partial charge is 0.413 e. The number of benzene rings is 1. The summed E-state index contributed by atoms with van der Waals surface area (Å²) in [5, 5.41) is 2.54. The third-order valence-electron chi connectivity index (χ3n) is 3.36. The van der Waals surface area contributed by atoms with Gasteiger partial charge in [0.15, 0.2) is 6.04 Å². The van der Waals surface area contributed by atoms with Crippen molar-refractivity contribution in [2.75, 3.05) is 6.54 Å². The van der Waals surface area contributed by atoms with Crippen molar-refractivity contribution in [1.82, 2.24) is 4.90 Å². The van der Waals surface area contributed by atoms with E-state index in [2.05, 4.69) is 10.0 Å². The minimum atomic E-state index is -4.90. The van der Waals surface area contributed by atoms with Gasteiger partial charge in [0, 0.05) is 16.5 Å². The van der Waals surface area contributed by atoms with Crippen molar-refractivity contribution in [3.05, 3.63) is 45.0 Å². The number of azide groups is 1. The van der Waals surface area contributed by atoms with Crippen molar-refractivity contribution in [1.29, 1.82) is 0 Å². The highest BCUT2D eigenvalue weighted by molar-refractivity contribution is 6.30. The van der Waals surface area contributed by atoms with Crippen LogP contribution in [-0.4, -0.2) is 29.6 Å². The number of halogens is 5. The summed E-state index contributed by atoms with van der Waals surface area (Å²) < 4.78 is 54.7. The lowest BCUT2D eigenvalue weighted by molar-refractivity contribution is -0.193. The van der Waals surface area contributed by atoms with E-state index in [4.69, 9.17) is 17.1 Å². The second-order valence-electron chi connectivity index (χ2n) is 5.01. The first kappa shape index (κ1) is 17.4. The Morgan fingerprint density at radius 3 is 2.65 bits per heavy atom. The smallest absolute Gasteiger partial charge is 0.324 e. The molecule has 1 unspecified atom stereocenters. The molecule has 1 aromatic rings. The van der Waals surface area contributed by atoms with Crippen molar-refractivity contribution in [2.24, 2.45) is 5.11 Å². The van der Waals surface area contributed by atoms with Gasteiger partial charge in [-0.2, -0.15) is 13.2 Å². The molecule has 0 spiro atoms. The Kier molecular flexibility index (Phi) is 5.01. The highest BCUT2D eigenvalue weighted by Gasteiger charge is 2.51. The predicted octanol–water partition coefficient (Wildman–Crippen LogP) is 4.38. The van der Waals surface area contributed by atoms with E-state index in [-0.39, 0.29) is 0 Å². The van der Waals surface area contributed by atoms with Gasteiger partial charge in [0.25, 0.3) is 0 Å². The van der Waals surface area contributed by atoms with Crippen LogP contribution in [-0.2, 0) is 4.79 Å². The van der Waals surface area contributed by atoms with Crippen LogP contribution in [0.2, 0.25) is 5.02 Å². The van der Waals surface area contributed by atoms with E-state index in [1.165, 1.54) is 6.07 Å². The molecular formula is C13H11ClF4N4O. The Hall–Kier alpha value is -1.99. The van der Waals surface area contributed by atoms with Crippen molar-refractivity contribution >= 4 is 17.5 Å². The zero-order valence-corrected chi connectivity index (χ0v) is 12.4. The molecule has 0 bridgehead atoms. The molecule has 1 amide bonds. The standard InChI is InChI=1S/C13H11ClF4N4O/c14-9-3-1-2-8(11(9)15)12(13(16,17)18)22(7-4-5-7)10(23)6-20-21-19/h1-3,7,12H,4-6H2. The van der Waals surface area contributed by atoms with Crippen molar-refractivity contribution in [2.45, 2.75) is 31.1 Å². The summed E-state index contributed by atoms with van der Waals surface area (Å²) in [6, 6.07) is 0.103. The number of hydrogen-bond donors (Lipinski definition) is 0. The SMILES string of the molecule is [N-]=[N+]=NCC(=O)N(C1CC1)C(c1cccc(Cl)c1F)C(F)(F)F. The molecule has 1 aliphatic rings. The first-order chi connectivity index (χ1) is 10.8. The molecular weight excluding hydrogens is 340 g/mol. The van der Waals surface area contributed by atoms with E-state index in [0.29, 0.717) is 17.7 Å². The summed E-state index contributed by atoms with van der Waals surface area (Å²) in [7, 11) is 0. The molecule has 1 aromatic carbocycles. The molecule has 0 heterocycles. The van der Waals surface area contributed by atoms with Crippen LogP contribution in [0.3, 0.4) is 0 Å². The van der Waals surface area contributed by atoms with Crippen molar-refractivity contribution < 1.29 is 22.4 Å². The molecule has 1 fully saturated rings. The lowest BCUT2D eigenvalue weighted by Gasteiger charge is -2.33. The van der Waals surface area contributed by atoms with Crippen LogP contribution in [0.5, 0.6) is 0 Å². The second kappa shape index (κ2) is 6.64. The summed E-state index contributed by atoms with van der Waals surface area (Å²) in [4.78, 5) is 15.0. The summed E-state index contributed by atoms with van der Waals surface area (Å²) >= 11 is 5.56. The molecule has 0 saturated heterocycles.